The van der Waals surface area contributed by atoms with Crippen LogP contribution in [0, 0.1) is 11.7 Å². The Balaban J connectivity index is 1.50. The van der Waals surface area contributed by atoms with E-state index < -0.39 is 33.8 Å². The second kappa shape index (κ2) is 9.59. The van der Waals surface area contributed by atoms with Gasteiger partial charge in [0.2, 0.25) is 5.91 Å². The van der Waals surface area contributed by atoms with Crippen molar-refractivity contribution in [1.29, 1.82) is 0 Å². The zero-order chi connectivity index (χ0) is 24.6. The number of anilines is 2. The molecular formula is C25H17Cl4FN2O2. The largest absolute Gasteiger partial charge is 0.326 e. The van der Waals surface area contributed by atoms with Crippen LogP contribution >= 0.6 is 46.4 Å². The van der Waals surface area contributed by atoms with Crippen LogP contribution in [0.4, 0.5) is 15.8 Å². The Morgan fingerprint density at radius 1 is 0.912 bits per heavy atom. The molecular weight excluding hydrogens is 521 g/mol. The highest BCUT2D eigenvalue weighted by molar-refractivity contribution is 6.53. The van der Waals surface area contributed by atoms with E-state index in [1.807, 2.05) is 0 Å². The second-order valence-corrected chi connectivity index (χ2v) is 10.0. The molecule has 3 aromatic rings. The van der Waals surface area contributed by atoms with Crippen LogP contribution in [0.15, 0.2) is 67.2 Å². The third-order valence-corrected chi connectivity index (χ3v) is 7.13. The van der Waals surface area contributed by atoms with Gasteiger partial charge in [-0.15, -0.1) is 23.2 Å². The molecule has 2 atom stereocenters. The first kappa shape index (κ1) is 24.6. The van der Waals surface area contributed by atoms with Crippen LogP contribution in [0.3, 0.4) is 0 Å². The van der Waals surface area contributed by atoms with E-state index in [0.717, 1.165) is 5.56 Å². The number of rotatable bonds is 6. The maximum absolute atomic E-state index is 13.1. The molecule has 4 rings (SSSR count). The first-order valence-corrected chi connectivity index (χ1v) is 11.6. The van der Waals surface area contributed by atoms with Gasteiger partial charge in [0, 0.05) is 22.3 Å². The number of carbonyl (C=O) groups excluding carboxylic acids is 2. The SMILES string of the molecule is C=Cc1cc([C@@H]2[C@@H](C(=O)Nc3ccc(Cl)c(C(=O)Nc4ccc(F)cc4)c3)C2(Cl)Cl)ccc1Cl. The number of alkyl halides is 2. The fourth-order valence-corrected chi connectivity index (χ4v) is 4.93. The van der Waals surface area contributed by atoms with E-state index in [-0.39, 0.29) is 10.6 Å². The Labute approximate surface area is 215 Å². The number of carbonyl (C=O) groups is 2. The van der Waals surface area contributed by atoms with E-state index in [4.69, 9.17) is 46.4 Å². The van der Waals surface area contributed by atoms with Crippen LogP contribution in [-0.4, -0.2) is 16.1 Å². The zero-order valence-corrected chi connectivity index (χ0v) is 20.4. The van der Waals surface area contributed by atoms with Gasteiger partial charge in [-0.05, 0) is 65.7 Å². The number of hydrogen-bond donors (Lipinski definition) is 2. The zero-order valence-electron chi connectivity index (χ0n) is 17.4. The summed E-state index contributed by atoms with van der Waals surface area (Å²) in [6.07, 6.45) is 1.61. The molecule has 0 aliphatic heterocycles. The van der Waals surface area contributed by atoms with Crippen molar-refractivity contribution in [3.63, 3.8) is 0 Å². The molecule has 0 unspecified atom stereocenters. The summed E-state index contributed by atoms with van der Waals surface area (Å²) in [5.74, 6) is -2.51. The summed E-state index contributed by atoms with van der Waals surface area (Å²) in [5, 5.41) is 6.10. The molecule has 1 fully saturated rings. The van der Waals surface area contributed by atoms with Gasteiger partial charge in [-0.2, -0.15) is 0 Å². The smallest absolute Gasteiger partial charge is 0.257 e. The average molecular weight is 538 g/mol. The normalized spacial score (nSPS) is 18.1. The first-order valence-electron chi connectivity index (χ1n) is 10.1. The van der Waals surface area contributed by atoms with Crippen molar-refractivity contribution >= 4 is 75.7 Å². The summed E-state index contributed by atoms with van der Waals surface area (Å²) in [4.78, 5) is 25.7. The molecule has 1 aliphatic rings. The number of amides is 2. The van der Waals surface area contributed by atoms with Crippen molar-refractivity contribution < 1.29 is 14.0 Å². The molecule has 2 amide bonds. The summed E-state index contributed by atoms with van der Waals surface area (Å²) in [5.41, 5.74) is 2.35. The van der Waals surface area contributed by atoms with Crippen LogP contribution in [0.1, 0.15) is 27.4 Å². The molecule has 0 radical (unpaired) electrons. The van der Waals surface area contributed by atoms with Gasteiger partial charge in [0.05, 0.1) is 16.5 Å². The van der Waals surface area contributed by atoms with E-state index in [1.54, 1.807) is 30.3 Å². The lowest BCUT2D eigenvalue weighted by atomic mass is 10.1. The van der Waals surface area contributed by atoms with Crippen LogP contribution in [-0.2, 0) is 4.79 Å². The topological polar surface area (TPSA) is 58.2 Å². The lowest BCUT2D eigenvalue weighted by molar-refractivity contribution is -0.117. The Bertz CT molecular complexity index is 1290. The molecule has 1 saturated carbocycles. The summed E-state index contributed by atoms with van der Waals surface area (Å²) >= 11 is 25.2. The predicted octanol–water partition coefficient (Wildman–Crippen LogP) is 7.55. The summed E-state index contributed by atoms with van der Waals surface area (Å²) in [7, 11) is 0. The number of benzene rings is 3. The predicted molar refractivity (Wildman–Crippen MR) is 137 cm³/mol. The van der Waals surface area contributed by atoms with Crippen LogP contribution < -0.4 is 10.6 Å². The fourth-order valence-electron chi connectivity index (χ4n) is 3.71. The third-order valence-electron chi connectivity index (χ3n) is 5.52. The molecule has 0 spiro atoms. The molecule has 1 aliphatic carbocycles. The van der Waals surface area contributed by atoms with Gasteiger partial charge in [-0.3, -0.25) is 9.59 Å². The molecule has 9 heteroatoms. The number of halogens is 5. The van der Waals surface area contributed by atoms with Crippen molar-refractivity contribution in [3.8, 4) is 0 Å². The van der Waals surface area contributed by atoms with E-state index in [9.17, 15) is 14.0 Å². The Morgan fingerprint density at radius 3 is 2.24 bits per heavy atom. The fraction of sp³-hybridized carbons (Fsp3) is 0.120. The molecule has 0 bridgehead atoms. The van der Waals surface area contributed by atoms with Crippen molar-refractivity contribution in [3.05, 3.63) is 99.8 Å². The minimum atomic E-state index is -1.30. The molecule has 0 heterocycles. The summed E-state index contributed by atoms with van der Waals surface area (Å²) < 4.78 is 11.8. The van der Waals surface area contributed by atoms with E-state index >= 15 is 0 Å². The molecule has 2 N–H and O–H groups in total. The van der Waals surface area contributed by atoms with Crippen LogP contribution in [0.2, 0.25) is 10.0 Å². The van der Waals surface area contributed by atoms with Crippen molar-refractivity contribution in [2.45, 2.75) is 10.3 Å². The number of nitrogens with one attached hydrogen (secondary N) is 2. The van der Waals surface area contributed by atoms with Crippen LogP contribution in [0.25, 0.3) is 6.08 Å². The lowest BCUT2D eigenvalue weighted by Crippen LogP contribution is -2.18. The average Bonchev–Trinajstić information content (AvgIpc) is 3.38. The van der Waals surface area contributed by atoms with Crippen molar-refractivity contribution in [2.24, 2.45) is 5.92 Å². The molecule has 3 aromatic carbocycles. The van der Waals surface area contributed by atoms with Gasteiger partial charge in [0.25, 0.3) is 5.91 Å². The lowest BCUT2D eigenvalue weighted by Gasteiger charge is -2.10. The van der Waals surface area contributed by atoms with E-state index in [2.05, 4.69) is 17.2 Å². The van der Waals surface area contributed by atoms with Crippen molar-refractivity contribution in [1.82, 2.24) is 0 Å². The minimum absolute atomic E-state index is 0.132. The Hall–Kier alpha value is -2.57. The highest BCUT2D eigenvalue weighted by Gasteiger charge is 2.67. The molecule has 4 nitrogen and oxygen atoms in total. The quantitative estimate of drug-likeness (QED) is 0.319. The molecule has 174 valence electrons. The molecule has 0 saturated heterocycles. The number of hydrogen-bond acceptors (Lipinski definition) is 2. The molecule has 0 aromatic heterocycles. The standard InChI is InChI=1S/C25H17Cl4FN2O2/c1-2-13-11-14(3-9-19(13)26)21-22(25(21,28)29)24(34)32-17-8-10-20(27)18(12-17)23(33)31-16-6-4-15(30)5-7-16/h2-12,21-22H,1H2,(H,31,33)(H,32,34)/t21-,22+/m1/s1. The van der Waals surface area contributed by atoms with E-state index in [0.29, 0.717) is 22.0 Å². The maximum Gasteiger partial charge on any atom is 0.257 e. The Kier molecular flexibility index (Phi) is 6.92. The maximum atomic E-state index is 13.1. The highest BCUT2D eigenvalue weighted by Crippen LogP contribution is 2.65. The monoisotopic (exact) mass is 536 g/mol. The van der Waals surface area contributed by atoms with Gasteiger partial charge in [0.1, 0.15) is 10.2 Å². The van der Waals surface area contributed by atoms with Gasteiger partial charge in [-0.25, -0.2) is 4.39 Å². The minimum Gasteiger partial charge on any atom is -0.326 e. The van der Waals surface area contributed by atoms with Gasteiger partial charge < -0.3 is 10.6 Å². The summed E-state index contributed by atoms with van der Waals surface area (Å²) in [6, 6.07) is 15.1. The highest BCUT2D eigenvalue weighted by atomic mass is 35.5. The first-order chi connectivity index (χ1) is 16.1. The molecule has 34 heavy (non-hydrogen) atoms. The van der Waals surface area contributed by atoms with Crippen LogP contribution in [0.5, 0.6) is 0 Å². The second-order valence-electron chi connectivity index (χ2n) is 7.76. The van der Waals surface area contributed by atoms with Gasteiger partial charge in [-0.1, -0.05) is 41.9 Å². The van der Waals surface area contributed by atoms with Gasteiger partial charge in [0.15, 0.2) is 0 Å². The Morgan fingerprint density at radius 2 is 1.56 bits per heavy atom. The van der Waals surface area contributed by atoms with Crippen molar-refractivity contribution in [2.75, 3.05) is 10.6 Å². The van der Waals surface area contributed by atoms with E-state index in [1.165, 1.54) is 36.4 Å². The third kappa shape index (κ3) is 4.93. The van der Waals surface area contributed by atoms with Gasteiger partial charge >= 0.3 is 0 Å². The summed E-state index contributed by atoms with van der Waals surface area (Å²) in [6.45, 7) is 3.73.